The molecule has 1 N–H and O–H groups in total. The van der Waals surface area contributed by atoms with Gasteiger partial charge in [0.15, 0.2) is 0 Å². The molecule has 0 heterocycles. The molecule has 0 aromatic heterocycles. The van der Waals surface area contributed by atoms with Crippen molar-refractivity contribution in [3.05, 3.63) is 11.6 Å². The van der Waals surface area contributed by atoms with Crippen molar-refractivity contribution in [1.82, 2.24) is 0 Å². The lowest BCUT2D eigenvalue weighted by molar-refractivity contribution is -0.190. The fraction of sp³-hybridized carbons (Fsp3) is 0. The lowest BCUT2D eigenvalue weighted by Crippen LogP contribution is -1.51. The van der Waals surface area contributed by atoms with Crippen LogP contribution in [0, 0.1) is 6.57 Å². The van der Waals surface area contributed by atoms with Gasteiger partial charge >= 0.3 is 0 Å². The van der Waals surface area contributed by atoms with Crippen LogP contribution in [0.4, 0.5) is 0 Å². The van der Waals surface area contributed by atoms with E-state index >= 15 is 0 Å². The Hall–Kier alpha value is -0.750. The first-order valence-electron chi connectivity index (χ1n) is 0.589. The molecule has 3 heteroatoms. The molecule has 0 saturated carbocycles. The highest BCUT2D eigenvalue weighted by Crippen LogP contribution is 1.51. The summed E-state index contributed by atoms with van der Waals surface area (Å²) in [6, 6.07) is 0. The number of hydrogen-bond acceptors (Lipinski definition) is 2. The van der Waals surface area contributed by atoms with E-state index in [0.29, 0.717) is 0 Å². The van der Waals surface area contributed by atoms with Gasteiger partial charge in [0.05, 0.1) is 0 Å². The van der Waals surface area contributed by atoms with Crippen molar-refractivity contribution >= 4 is 0 Å². The minimum absolute atomic E-state index is 2.04. The van der Waals surface area contributed by atoms with E-state index in [0.717, 1.165) is 0 Å². The summed E-state index contributed by atoms with van der Waals surface area (Å²) in [5.74, 6) is 0. The zero-order valence-corrected chi connectivity index (χ0v) is 1.80. The summed E-state index contributed by atoms with van der Waals surface area (Å²) < 4.78 is 0. The molecule has 0 aliphatic heterocycles. The van der Waals surface area contributed by atoms with Crippen molar-refractivity contribution in [2.24, 2.45) is 0 Å². The molecule has 0 bridgehead atoms. The quantitative estimate of drug-likeness (QED) is 0.247. The second-order valence-corrected chi connectivity index (χ2v) is 0.173. The van der Waals surface area contributed by atoms with E-state index in [4.69, 9.17) is 11.8 Å². The van der Waals surface area contributed by atoms with E-state index in [1.165, 1.54) is 0 Å². The Morgan fingerprint density at radius 2 is 2.25 bits per heavy atom. The summed E-state index contributed by atoms with van der Waals surface area (Å²) in [6.07, 6.45) is 0. The summed E-state index contributed by atoms with van der Waals surface area (Å²) in [4.78, 5) is 2.83. The van der Waals surface area contributed by atoms with E-state index in [-0.39, 0.29) is 0 Å². The van der Waals surface area contributed by atoms with E-state index in [1.54, 1.807) is 0 Å². The molecule has 0 unspecified atom stereocenters. The first-order valence-corrected chi connectivity index (χ1v) is 0.589. The van der Waals surface area contributed by atoms with Crippen molar-refractivity contribution in [3.63, 3.8) is 0 Å². The maximum atomic E-state index is 7.02. The minimum atomic E-state index is 2.04. The van der Waals surface area contributed by atoms with Crippen LogP contribution in [0.3, 0.4) is 0 Å². The Morgan fingerprint density at radius 3 is 2.25 bits per heavy atom. The average Bonchev–Trinajstić information content (AvgIpc) is 1.37. The van der Waals surface area contributed by atoms with Crippen LogP contribution in [0.25, 0.3) is 5.01 Å². The van der Waals surface area contributed by atoms with Gasteiger partial charge in [0.25, 0.3) is 0 Å². The first-order chi connectivity index (χ1) is 1.91. The fourth-order valence-electron chi connectivity index (χ4n) is 0. The van der Waals surface area contributed by atoms with E-state index in [9.17, 15) is 0 Å². The number of nitrogens with zero attached hydrogens (tertiary/aromatic N) is 1. The van der Waals surface area contributed by atoms with Crippen LogP contribution in [0.2, 0.25) is 0 Å². The van der Waals surface area contributed by atoms with E-state index in [1.807, 2.05) is 5.01 Å². The van der Waals surface area contributed by atoms with Gasteiger partial charge in [0, 0.05) is 5.01 Å². The number of rotatable bonds is 0. The lowest BCUT2D eigenvalue weighted by Gasteiger charge is -1.51. The van der Waals surface area contributed by atoms with Crippen LogP contribution in [0.1, 0.15) is 0 Å². The second kappa shape index (κ2) is 2.25. The molecule has 0 amide bonds. The first kappa shape index (κ1) is 3.25. The predicted molar refractivity (Wildman–Crippen MR) is 10.3 cm³/mol. The van der Waals surface area contributed by atoms with Crippen molar-refractivity contribution in [2.75, 3.05) is 0 Å². The van der Waals surface area contributed by atoms with Gasteiger partial charge in [-0.3, -0.25) is 0 Å². The molecule has 4 heavy (non-hydrogen) atoms. The molecule has 0 fully saturated rings. The summed E-state index contributed by atoms with van der Waals surface area (Å²) in [6.45, 7) is 5.60. The van der Waals surface area contributed by atoms with Crippen molar-refractivity contribution in [3.8, 4) is 0 Å². The smallest absolute Gasteiger partial charge is 0.00157 e. The van der Waals surface area contributed by atoms with Gasteiger partial charge in [0.2, 0.25) is 0 Å². The highest BCUT2D eigenvalue weighted by molar-refractivity contribution is 4.11. The maximum absolute atomic E-state index is 7.02. The summed E-state index contributed by atoms with van der Waals surface area (Å²) in [7, 11) is 0. The van der Waals surface area contributed by atoms with Crippen LogP contribution >= 0.6 is 0 Å². The van der Waals surface area contributed by atoms with Crippen LogP contribution < -0.4 is 0 Å². The average molecular weight is 59.0 g/mol. The normalized spacial score (nSPS) is 4.00. The van der Waals surface area contributed by atoms with E-state index < -0.39 is 0 Å². The third-order valence-electron chi connectivity index (χ3n) is 0.0408. The molecule has 0 aliphatic carbocycles. The maximum Gasteiger partial charge on any atom is 0.00157 e. The molecule has 0 rings (SSSR count). The Morgan fingerprint density at radius 1 is 2.00 bits per heavy atom. The standard InChI is InChI=1S/CHNO2/c1-2-4-3/h3H. The van der Waals surface area contributed by atoms with Crippen molar-refractivity contribution < 1.29 is 10.2 Å². The summed E-state index contributed by atoms with van der Waals surface area (Å²) in [5, 5.41) is 9.06. The van der Waals surface area contributed by atoms with Gasteiger partial charge in [-0.1, -0.05) is 0 Å². The van der Waals surface area contributed by atoms with Gasteiger partial charge in [-0.25, -0.2) is 0 Å². The van der Waals surface area contributed by atoms with Gasteiger partial charge in [-0.05, 0) is 4.99 Å². The molecular formula is CHNO2. The Balaban J connectivity index is 2.43. The zero-order valence-electron chi connectivity index (χ0n) is 1.80. The highest BCUT2D eigenvalue weighted by atomic mass is 17.2. The van der Waals surface area contributed by atoms with Crippen LogP contribution in [0.5, 0.6) is 0 Å². The lowest BCUT2D eigenvalue weighted by atomic mass is 11.8. The molecule has 0 saturated heterocycles. The summed E-state index contributed by atoms with van der Waals surface area (Å²) in [5.41, 5.74) is 0. The monoisotopic (exact) mass is 59.0 g/mol. The highest BCUT2D eigenvalue weighted by Gasteiger charge is 1.45. The van der Waals surface area contributed by atoms with Gasteiger partial charge < -0.3 is 0 Å². The second-order valence-electron chi connectivity index (χ2n) is 0.173. The van der Waals surface area contributed by atoms with Crippen LogP contribution in [0.15, 0.2) is 0 Å². The molecule has 0 aromatic rings. The zero-order chi connectivity index (χ0) is 3.41. The molecule has 0 atom stereocenters. The predicted octanol–water partition coefficient (Wildman–Crippen LogP) is 0.310. The molecular weight excluding hydrogens is 58.0 g/mol. The van der Waals surface area contributed by atoms with Gasteiger partial charge in [0.1, 0.15) is 0 Å². The number of hydrogen-bond donors (Lipinski definition) is 1. The van der Waals surface area contributed by atoms with Crippen molar-refractivity contribution in [1.29, 1.82) is 0 Å². The topological polar surface area (TPSA) is 33.8 Å². The molecule has 3 nitrogen and oxygen atoms in total. The van der Waals surface area contributed by atoms with Crippen LogP contribution in [-0.2, 0) is 4.99 Å². The molecule has 0 spiro atoms. The third kappa shape index (κ3) is 1.25. The minimum Gasteiger partial charge on any atom is -0.148 e. The summed E-state index contributed by atoms with van der Waals surface area (Å²) >= 11 is 0. The SMILES string of the molecule is [C-]#[N+]OO. The Kier molecular flexibility index (Phi) is 1.83. The molecule has 0 radical (unpaired) electrons. The fourth-order valence-corrected chi connectivity index (χ4v) is 0. The Bertz CT molecular complexity index is 35.8. The van der Waals surface area contributed by atoms with Crippen LogP contribution in [-0.4, -0.2) is 5.26 Å². The third-order valence-corrected chi connectivity index (χ3v) is 0.0408. The van der Waals surface area contributed by atoms with Gasteiger partial charge in [-0.15, -0.1) is 11.8 Å². The van der Waals surface area contributed by atoms with Gasteiger partial charge in [-0.2, -0.15) is 0 Å². The largest absolute Gasteiger partial charge is 0.148 e. The van der Waals surface area contributed by atoms with E-state index in [2.05, 4.69) is 4.99 Å². The molecule has 0 aliphatic rings. The van der Waals surface area contributed by atoms with Crippen molar-refractivity contribution in [2.45, 2.75) is 0 Å². The molecule has 22 valence electrons. The molecule has 0 aromatic carbocycles. The Labute approximate surface area is 23.1 Å².